The minimum atomic E-state index is -0.930. The van der Waals surface area contributed by atoms with Crippen molar-refractivity contribution in [1.82, 2.24) is 14.8 Å². The van der Waals surface area contributed by atoms with E-state index >= 15 is 0 Å². The van der Waals surface area contributed by atoms with Crippen LogP contribution < -0.4 is 5.32 Å². The summed E-state index contributed by atoms with van der Waals surface area (Å²) in [5.41, 5.74) is 0.852. The van der Waals surface area contributed by atoms with Gasteiger partial charge in [0.05, 0.1) is 23.3 Å². The van der Waals surface area contributed by atoms with Crippen LogP contribution in [0.15, 0.2) is 29.6 Å². The molecule has 4 heterocycles. The number of aromatic nitrogens is 1. The second-order valence-corrected chi connectivity index (χ2v) is 11.5. The number of thiophene rings is 2. The number of fused-ring (bicyclic) bond motifs is 3. The number of hydrogen-bond acceptors (Lipinski definition) is 4. The maximum Gasteiger partial charge on any atom is 0.271 e. The first-order chi connectivity index (χ1) is 15.5. The molecule has 2 amide bonds. The molecule has 1 aliphatic carbocycles. The van der Waals surface area contributed by atoms with Gasteiger partial charge in [0.15, 0.2) is 0 Å². The maximum atomic E-state index is 13.8. The highest BCUT2D eigenvalue weighted by atomic mass is 32.1. The fourth-order valence-electron chi connectivity index (χ4n) is 5.13. The van der Waals surface area contributed by atoms with Crippen LogP contribution >= 0.6 is 22.7 Å². The molecule has 2 aliphatic rings. The number of carbonyl (C=O) groups excluding carboxylic acids is 2. The molecule has 170 valence electrons. The molecule has 1 saturated carbocycles. The Morgan fingerprint density at radius 2 is 1.97 bits per heavy atom. The minimum Gasteiger partial charge on any atom is -0.351 e. The summed E-state index contributed by atoms with van der Waals surface area (Å²) in [4.78, 5) is 31.8. The third kappa shape index (κ3) is 3.79. The first-order valence-electron chi connectivity index (χ1n) is 11.8. The van der Waals surface area contributed by atoms with Crippen LogP contribution in [0.25, 0.3) is 10.2 Å². The van der Waals surface area contributed by atoms with Gasteiger partial charge >= 0.3 is 0 Å². The number of carbonyl (C=O) groups is 2. The van der Waals surface area contributed by atoms with Crippen molar-refractivity contribution >= 4 is 44.7 Å². The monoisotopic (exact) mass is 469 g/mol. The Labute approximate surface area is 197 Å². The molecule has 0 unspecified atom stereocenters. The lowest BCUT2D eigenvalue weighted by molar-refractivity contribution is -0.134. The van der Waals surface area contributed by atoms with Crippen molar-refractivity contribution in [2.75, 3.05) is 0 Å². The van der Waals surface area contributed by atoms with Crippen molar-refractivity contribution in [3.05, 3.63) is 45.1 Å². The van der Waals surface area contributed by atoms with E-state index < -0.39 is 5.54 Å². The SMILES string of the molecule is CCc1cc2c(cc3n2C[C@@](C)(C(=O)NC2CCCCCC2)N(Cc2cccs2)C3=O)s1. The summed E-state index contributed by atoms with van der Waals surface area (Å²) in [7, 11) is 0. The van der Waals surface area contributed by atoms with E-state index in [0.29, 0.717) is 18.8 Å². The lowest BCUT2D eigenvalue weighted by atomic mass is 9.93. The molecule has 0 spiro atoms. The van der Waals surface area contributed by atoms with E-state index in [1.165, 1.54) is 17.7 Å². The number of amides is 2. The number of hydrogen-bond donors (Lipinski definition) is 1. The predicted molar refractivity (Wildman–Crippen MR) is 131 cm³/mol. The lowest BCUT2D eigenvalue weighted by Gasteiger charge is -2.44. The Morgan fingerprint density at radius 1 is 1.19 bits per heavy atom. The number of nitrogens with zero attached hydrogens (tertiary/aromatic N) is 2. The molecule has 1 atom stereocenters. The van der Waals surface area contributed by atoms with Crippen molar-refractivity contribution in [3.8, 4) is 0 Å². The van der Waals surface area contributed by atoms with E-state index in [0.717, 1.165) is 47.2 Å². The van der Waals surface area contributed by atoms with E-state index in [1.807, 2.05) is 35.4 Å². The molecule has 3 aromatic heterocycles. The summed E-state index contributed by atoms with van der Waals surface area (Å²) in [5, 5.41) is 5.37. The van der Waals surface area contributed by atoms with Crippen LogP contribution in [0.2, 0.25) is 0 Å². The number of rotatable bonds is 5. The van der Waals surface area contributed by atoms with E-state index in [4.69, 9.17) is 0 Å². The smallest absolute Gasteiger partial charge is 0.271 e. The van der Waals surface area contributed by atoms with Gasteiger partial charge in [-0.15, -0.1) is 22.7 Å². The van der Waals surface area contributed by atoms with Crippen molar-refractivity contribution < 1.29 is 9.59 Å². The fraction of sp³-hybridized carbons (Fsp3) is 0.520. The molecule has 5 nitrogen and oxygen atoms in total. The maximum absolute atomic E-state index is 13.8. The lowest BCUT2D eigenvalue weighted by Crippen LogP contribution is -2.64. The highest BCUT2D eigenvalue weighted by Crippen LogP contribution is 2.37. The molecule has 0 saturated heterocycles. The average molecular weight is 470 g/mol. The van der Waals surface area contributed by atoms with Crippen molar-refractivity contribution in [2.45, 2.75) is 83.5 Å². The van der Waals surface area contributed by atoms with E-state index in [2.05, 4.69) is 22.9 Å². The van der Waals surface area contributed by atoms with Gasteiger partial charge in [0, 0.05) is 15.8 Å². The molecule has 0 aromatic carbocycles. The molecule has 5 rings (SSSR count). The summed E-state index contributed by atoms with van der Waals surface area (Å²) < 4.78 is 3.22. The molecule has 3 aromatic rings. The van der Waals surface area contributed by atoms with Gasteiger partial charge in [-0.25, -0.2) is 0 Å². The number of aryl methyl sites for hydroxylation is 1. The third-order valence-electron chi connectivity index (χ3n) is 7.09. The molecule has 1 N–H and O–H groups in total. The van der Waals surface area contributed by atoms with Crippen LogP contribution in [0, 0.1) is 0 Å². The predicted octanol–water partition coefficient (Wildman–Crippen LogP) is 5.58. The van der Waals surface area contributed by atoms with Gasteiger partial charge in [0.2, 0.25) is 5.91 Å². The van der Waals surface area contributed by atoms with Crippen LogP contribution in [-0.4, -0.2) is 32.9 Å². The van der Waals surface area contributed by atoms with Gasteiger partial charge in [0.1, 0.15) is 11.2 Å². The van der Waals surface area contributed by atoms with Crippen LogP contribution in [0.4, 0.5) is 0 Å². The molecule has 32 heavy (non-hydrogen) atoms. The Morgan fingerprint density at radius 3 is 2.66 bits per heavy atom. The number of nitrogens with one attached hydrogen (secondary N) is 1. The Bertz CT molecular complexity index is 1120. The molecule has 7 heteroatoms. The topological polar surface area (TPSA) is 54.3 Å². The summed E-state index contributed by atoms with van der Waals surface area (Å²) in [6.07, 6.45) is 7.86. The highest BCUT2D eigenvalue weighted by Gasteiger charge is 2.48. The van der Waals surface area contributed by atoms with E-state index in [-0.39, 0.29) is 17.9 Å². The zero-order chi connectivity index (χ0) is 22.3. The van der Waals surface area contributed by atoms with Crippen molar-refractivity contribution in [2.24, 2.45) is 0 Å². The normalized spacial score (nSPS) is 22.2. The molecule has 0 radical (unpaired) electrons. The van der Waals surface area contributed by atoms with Crippen LogP contribution in [0.5, 0.6) is 0 Å². The quantitative estimate of drug-likeness (QED) is 0.496. The molecule has 1 aliphatic heterocycles. The van der Waals surface area contributed by atoms with Gasteiger partial charge in [0.25, 0.3) is 5.91 Å². The van der Waals surface area contributed by atoms with Crippen LogP contribution in [0.1, 0.15) is 72.6 Å². The second kappa shape index (κ2) is 8.67. The fourth-order valence-corrected chi connectivity index (χ4v) is 6.87. The Kier molecular flexibility index (Phi) is 5.88. The molecule has 1 fully saturated rings. The van der Waals surface area contributed by atoms with Gasteiger partial charge in [-0.2, -0.15) is 0 Å². The summed E-state index contributed by atoms with van der Waals surface area (Å²) in [6.45, 7) is 5.05. The standard InChI is InChI=1S/C25H31N3O2S2/c1-3-18-13-20-22(32-18)14-21-23(29)28(15-19-11-8-12-31-19)25(2,16-27(20)21)24(30)26-17-9-6-4-5-7-10-17/h8,11-14,17H,3-7,9-10,15-16H2,1-2H3,(H,26,30)/t25-/m0/s1. The van der Waals surface area contributed by atoms with Crippen molar-refractivity contribution in [3.63, 3.8) is 0 Å². The molecule has 0 bridgehead atoms. The van der Waals surface area contributed by atoms with Crippen LogP contribution in [0.3, 0.4) is 0 Å². The summed E-state index contributed by atoms with van der Waals surface area (Å²) in [6, 6.07) is 8.46. The van der Waals surface area contributed by atoms with Crippen LogP contribution in [-0.2, 0) is 24.3 Å². The molecular formula is C25H31N3O2S2. The summed E-state index contributed by atoms with van der Waals surface area (Å²) >= 11 is 3.38. The van der Waals surface area contributed by atoms with E-state index in [9.17, 15) is 9.59 Å². The van der Waals surface area contributed by atoms with Gasteiger partial charge in [-0.05, 0) is 49.8 Å². The average Bonchev–Trinajstić information content (AvgIpc) is 3.45. The largest absolute Gasteiger partial charge is 0.351 e. The highest BCUT2D eigenvalue weighted by molar-refractivity contribution is 7.19. The Balaban J connectivity index is 1.52. The summed E-state index contributed by atoms with van der Waals surface area (Å²) in [5.74, 6) is -0.0719. The minimum absolute atomic E-state index is 0.0206. The third-order valence-corrected chi connectivity index (χ3v) is 9.17. The molecular weight excluding hydrogens is 438 g/mol. The first-order valence-corrected chi connectivity index (χ1v) is 13.5. The van der Waals surface area contributed by atoms with E-state index in [1.54, 1.807) is 22.7 Å². The zero-order valence-corrected chi connectivity index (χ0v) is 20.5. The van der Waals surface area contributed by atoms with Crippen molar-refractivity contribution in [1.29, 1.82) is 0 Å². The second-order valence-electron chi connectivity index (χ2n) is 9.34. The van der Waals surface area contributed by atoms with Gasteiger partial charge in [-0.1, -0.05) is 38.7 Å². The zero-order valence-electron chi connectivity index (χ0n) is 18.9. The Hall–Kier alpha value is -2.12. The first kappa shape index (κ1) is 21.7. The van der Waals surface area contributed by atoms with Gasteiger partial charge in [-0.3, -0.25) is 9.59 Å². The van der Waals surface area contributed by atoms with Gasteiger partial charge < -0.3 is 14.8 Å².